The van der Waals surface area contributed by atoms with Crippen LogP contribution in [0.25, 0.3) is 11.1 Å². The van der Waals surface area contributed by atoms with Crippen molar-refractivity contribution >= 4 is 8.60 Å². The fourth-order valence-electron chi connectivity index (χ4n) is 2.06. The van der Waals surface area contributed by atoms with E-state index in [1.54, 1.807) is 0 Å². The summed E-state index contributed by atoms with van der Waals surface area (Å²) >= 11 is 0. The molecule has 2 heterocycles. The van der Waals surface area contributed by atoms with E-state index in [4.69, 9.17) is 13.6 Å². The number of benzene rings is 2. The van der Waals surface area contributed by atoms with E-state index >= 15 is 0 Å². The first kappa shape index (κ1) is 9.85. The molecule has 90 valence electrons. The Morgan fingerprint density at radius 1 is 0.778 bits per heavy atom. The Labute approximate surface area is 103 Å². The zero-order valence-corrected chi connectivity index (χ0v) is 9.85. The third-order valence-corrected chi connectivity index (χ3v) is 3.87. The average Bonchev–Trinajstić information content (AvgIpc) is 2.98. The molecular weight excluding hydrogens is 255 g/mol. The molecule has 5 nitrogen and oxygen atoms in total. The lowest BCUT2D eigenvalue weighted by Crippen LogP contribution is -1.95. The highest BCUT2D eigenvalue weighted by molar-refractivity contribution is 7.44. The van der Waals surface area contributed by atoms with E-state index in [1.807, 2.05) is 30.3 Å². The highest BCUT2D eigenvalue weighted by Crippen LogP contribution is 2.71. The van der Waals surface area contributed by atoms with Gasteiger partial charge in [0, 0.05) is 0 Å². The minimum absolute atomic E-state index is 0.166. The molecule has 4 rings (SSSR count). The van der Waals surface area contributed by atoms with Crippen molar-refractivity contribution in [3.8, 4) is 39.9 Å². The van der Waals surface area contributed by atoms with Gasteiger partial charge in [0.05, 0.1) is 5.56 Å². The Morgan fingerprint density at radius 2 is 1.44 bits per heavy atom. The Kier molecular flexibility index (Phi) is 1.76. The second kappa shape index (κ2) is 3.21. The van der Waals surface area contributed by atoms with Gasteiger partial charge in [0.25, 0.3) is 0 Å². The van der Waals surface area contributed by atoms with Gasteiger partial charge in [0.1, 0.15) is 0 Å². The van der Waals surface area contributed by atoms with Crippen LogP contribution >= 0.6 is 8.60 Å². The molecular formula is C12H7O5P. The van der Waals surface area contributed by atoms with Crippen molar-refractivity contribution in [3.63, 3.8) is 0 Å². The third kappa shape index (κ3) is 1.09. The Balaban J connectivity index is 2.06. The quantitative estimate of drug-likeness (QED) is 0.610. The fourth-order valence-corrected chi connectivity index (χ4v) is 3.13. The minimum atomic E-state index is -1.50. The van der Waals surface area contributed by atoms with E-state index in [2.05, 4.69) is 0 Å². The zero-order valence-electron chi connectivity index (χ0n) is 8.95. The van der Waals surface area contributed by atoms with Crippen molar-refractivity contribution in [1.82, 2.24) is 0 Å². The lowest BCUT2D eigenvalue weighted by atomic mass is 10.0. The Hall–Kier alpha value is -2.13. The first-order valence-electron chi connectivity index (χ1n) is 5.27. The van der Waals surface area contributed by atoms with E-state index in [1.165, 1.54) is 0 Å². The highest BCUT2D eigenvalue weighted by atomic mass is 31.2. The zero-order chi connectivity index (χ0) is 12.3. The van der Waals surface area contributed by atoms with Crippen LogP contribution in [0.5, 0.6) is 28.7 Å². The molecule has 18 heavy (non-hydrogen) atoms. The molecule has 1 unspecified atom stereocenters. The normalized spacial score (nSPS) is 18.1. The number of phenols is 2. The molecule has 2 aromatic rings. The summed E-state index contributed by atoms with van der Waals surface area (Å²) in [6.45, 7) is 0. The minimum Gasteiger partial charge on any atom is -0.504 e. The smallest absolute Gasteiger partial charge is 0.504 e. The van der Waals surface area contributed by atoms with Gasteiger partial charge >= 0.3 is 8.60 Å². The summed E-state index contributed by atoms with van der Waals surface area (Å²) in [5.74, 6) is 0.412. The lowest BCUT2D eigenvalue weighted by Gasteiger charge is -2.15. The first-order chi connectivity index (χ1) is 8.75. The molecule has 0 aliphatic carbocycles. The van der Waals surface area contributed by atoms with Gasteiger partial charge in [-0.2, -0.15) is 0 Å². The van der Waals surface area contributed by atoms with Gasteiger partial charge in [-0.1, -0.05) is 30.3 Å². The van der Waals surface area contributed by atoms with Gasteiger partial charge < -0.3 is 23.8 Å². The average molecular weight is 262 g/mol. The molecule has 2 bridgehead atoms. The van der Waals surface area contributed by atoms with E-state index < -0.39 is 8.60 Å². The highest BCUT2D eigenvalue weighted by Gasteiger charge is 2.46. The predicted molar refractivity (Wildman–Crippen MR) is 64.0 cm³/mol. The summed E-state index contributed by atoms with van der Waals surface area (Å²) in [6.07, 6.45) is 0. The number of hydrogen-bond donors (Lipinski definition) is 2. The second-order valence-electron chi connectivity index (χ2n) is 3.92. The molecule has 1 atom stereocenters. The standard InChI is InChI=1S/C12H7O5P/c13-8-7(6-4-2-1-3-5-6)10-12-11(9(8)14)16-18(15-10)17-12/h1-5,13-14H. The second-order valence-corrected chi connectivity index (χ2v) is 4.92. The predicted octanol–water partition coefficient (Wildman–Crippen LogP) is 3.16. The fraction of sp³-hybridized carbons (Fsp3) is 0. The summed E-state index contributed by atoms with van der Waals surface area (Å²) in [6, 6.07) is 9.19. The molecule has 0 spiro atoms. The van der Waals surface area contributed by atoms with Crippen LogP contribution in [0.1, 0.15) is 0 Å². The van der Waals surface area contributed by atoms with Crippen LogP contribution in [0.15, 0.2) is 30.3 Å². The van der Waals surface area contributed by atoms with Crippen molar-refractivity contribution in [2.24, 2.45) is 0 Å². The molecule has 2 aliphatic heterocycles. The van der Waals surface area contributed by atoms with Crippen LogP contribution < -0.4 is 13.6 Å². The van der Waals surface area contributed by atoms with Crippen molar-refractivity contribution in [2.45, 2.75) is 0 Å². The lowest BCUT2D eigenvalue weighted by molar-refractivity contribution is 0.378. The summed E-state index contributed by atoms with van der Waals surface area (Å²) in [5.41, 5.74) is 1.18. The van der Waals surface area contributed by atoms with Gasteiger partial charge in [-0.15, -0.1) is 0 Å². The van der Waals surface area contributed by atoms with Crippen LogP contribution in [-0.2, 0) is 0 Å². The largest absolute Gasteiger partial charge is 0.530 e. The monoisotopic (exact) mass is 262 g/mol. The molecule has 2 aromatic carbocycles. The van der Waals surface area contributed by atoms with Crippen LogP contribution in [0, 0.1) is 0 Å². The summed E-state index contributed by atoms with van der Waals surface area (Å²) in [7, 11) is -1.50. The number of hydrogen-bond acceptors (Lipinski definition) is 5. The van der Waals surface area contributed by atoms with E-state index in [0.717, 1.165) is 5.56 Å². The van der Waals surface area contributed by atoms with Gasteiger partial charge in [-0.3, -0.25) is 0 Å². The van der Waals surface area contributed by atoms with Gasteiger partial charge in [0.2, 0.25) is 17.2 Å². The molecule has 0 amide bonds. The Morgan fingerprint density at radius 3 is 2.17 bits per heavy atom. The van der Waals surface area contributed by atoms with Crippen molar-refractivity contribution in [2.75, 3.05) is 0 Å². The van der Waals surface area contributed by atoms with Crippen molar-refractivity contribution in [1.29, 1.82) is 0 Å². The van der Waals surface area contributed by atoms with Crippen LogP contribution in [-0.4, -0.2) is 10.2 Å². The van der Waals surface area contributed by atoms with Gasteiger partial charge in [0.15, 0.2) is 11.5 Å². The van der Waals surface area contributed by atoms with Crippen molar-refractivity contribution in [3.05, 3.63) is 30.3 Å². The third-order valence-electron chi connectivity index (χ3n) is 2.88. The molecule has 2 aliphatic rings. The van der Waals surface area contributed by atoms with Gasteiger partial charge in [-0.25, -0.2) is 0 Å². The van der Waals surface area contributed by atoms with Crippen molar-refractivity contribution < 1.29 is 23.8 Å². The summed E-state index contributed by atoms with van der Waals surface area (Å²) in [5, 5.41) is 20.0. The molecule has 0 saturated heterocycles. The maximum Gasteiger partial charge on any atom is 0.530 e. The van der Waals surface area contributed by atoms with Gasteiger partial charge in [-0.05, 0) is 5.56 Å². The maximum atomic E-state index is 10.1. The maximum absolute atomic E-state index is 10.1. The van der Waals surface area contributed by atoms with E-state index in [-0.39, 0.29) is 17.2 Å². The SMILES string of the molecule is Oc1c(O)c(-c2ccccc2)c2c3c1OP(O3)O2. The van der Waals surface area contributed by atoms with Crippen LogP contribution in [0.2, 0.25) is 0 Å². The Bertz CT molecular complexity index is 656. The molecule has 0 aromatic heterocycles. The van der Waals surface area contributed by atoms with Crippen LogP contribution in [0.4, 0.5) is 0 Å². The number of fused-ring (bicyclic) bond motifs is 1. The van der Waals surface area contributed by atoms with E-state index in [0.29, 0.717) is 17.1 Å². The molecule has 0 fully saturated rings. The number of phenolic OH excluding ortho intramolecular Hbond substituents is 2. The molecule has 2 N–H and O–H groups in total. The summed E-state index contributed by atoms with van der Waals surface area (Å²) < 4.78 is 16.0. The van der Waals surface area contributed by atoms with Crippen LogP contribution in [0.3, 0.4) is 0 Å². The number of rotatable bonds is 1. The van der Waals surface area contributed by atoms with E-state index in [9.17, 15) is 10.2 Å². The first-order valence-corrected chi connectivity index (χ1v) is 6.36. The topological polar surface area (TPSA) is 68.2 Å². The molecule has 0 radical (unpaired) electrons. The summed E-state index contributed by atoms with van der Waals surface area (Å²) in [4.78, 5) is 0. The molecule has 0 saturated carbocycles. The molecule has 6 heteroatoms. The number of aromatic hydroxyl groups is 2.